The topological polar surface area (TPSA) is 211 Å². The fraction of sp³-hybridized carbons (Fsp3) is 0.871. The third kappa shape index (κ3) is 14.2. The summed E-state index contributed by atoms with van der Waals surface area (Å²) in [5.41, 5.74) is 12.4. The van der Waals surface area contributed by atoms with Crippen molar-refractivity contribution in [1.82, 2.24) is 14.7 Å². The molecule has 2 saturated carbocycles. The molecule has 2 aliphatic carbocycles. The first kappa shape index (κ1) is 37.9. The highest BCUT2D eigenvalue weighted by atomic mass is 16.4. The molecule has 0 spiro atoms. The standard InChI is InChI=1S/C31H57N5O8/c32-13-17-35(22-29(41)42)18-19-36(16-7-15-34(21-28(39)40)14-6-5-10-27(37)38)30(31(43)44)24-11-12-26(33)25(20-24)23-8-3-1-2-4-9-23/h23-26,30H,1-22,32-33H2,(H,37,38)(H,39,40)(H,41,42)(H,43,44). The van der Waals surface area contributed by atoms with E-state index >= 15 is 0 Å². The van der Waals surface area contributed by atoms with E-state index in [0.717, 1.165) is 25.7 Å². The molecule has 13 nitrogen and oxygen atoms in total. The van der Waals surface area contributed by atoms with Gasteiger partial charge in [0, 0.05) is 45.2 Å². The van der Waals surface area contributed by atoms with Crippen LogP contribution >= 0.6 is 0 Å². The lowest BCUT2D eigenvalue weighted by Crippen LogP contribution is -2.53. The van der Waals surface area contributed by atoms with Crippen LogP contribution in [0.2, 0.25) is 0 Å². The molecular formula is C31H57N5O8. The molecule has 0 saturated heterocycles. The minimum absolute atomic E-state index is 0.0253. The summed E-state index contributed by atoms with van der Waals surface area (Å²) >= 11 is 0. The Labute approximate surface area is 261 Å². The third-order valence-corrected chi connectivity index (χ3v) is 9.50. The second-order valence-electron chi connectivity index (χ2n) is 12.8. The number of aliphatic carboxylic acids is 4. The monoisotopic (exact) mass is 627 g/mol. The molecule has 0 aromatic rings. The van der Waals surface area contributed by atoms with Crippen molar-refractivity contribution in [3.05, 3.63) is 0 Å². The molecule has 13 heteroatoms. The van der Waals surface area contributed by atoms with Crippen LogP contribution in [0.25, 0.3) is 0 Å². The van der Waals surface area contributed by atoms with E-state index < -0.39 is 29.9 Å². The number of nitrogens with two attached hydrogens (primary N) is 2. The van der Waals surface area contributed by atoms with Gasteiger partial charge in [-0.1, -0.05) is 38.5 Å². The van der Waals surface area contributed by atoms with E-state index in [0.29, 0.717) is 70.9 Å². The van der Waals surface area contributed by atoms with Crippen molar-refractivity contribution >= 4 is 23.9 Å². The molecule has 0 heterocycles. The van der Waals surface area contributed by atoms with Crippen molar-refractivity contribution in [2.24, 2.45) is 29.2 Å². The first-order valence-electron chi connectivity index (χ1n) is 16.5. The number of carbonyl (C=O) groups is 4. The quantitative estimate of drug-likeness (QED) is 0.0748. The smallest absolute Gasteiger partial charge is 0.321 e. The maximum Gasteiger partial charge on any atom is 0.321 e. The van der Waals surface area contributed by atoms with Gasteiger partial charge in [-0.25, -0.2) is 0 Å². The Morgan fingerprint density at radius 1 is 0.682 bits per heavy atom. The normalized spacial score (nSPS) is 22.2. The molecule has 0 aromatic carbocycles. The maximum atomic E-state index is 12.9. The van der Waals surface area contributed by atoms with Crippen molar-refractivity contribution in [1.29, 1.82) is 0 Å². The number of rotatable bonds is 22. The molecule has 4 atom stereocenters. The van der Waals surface area contributed by atoms with Crippen LogP contribution in [0, 0.1) is 17.8 Å². The minimum atomic E-state index is -0.974. The fourth-order valence-corrected chi connectivity index (χ4v) is 7.36. The molecular weight excluding hydrogens is 570 g/mol. The van der Waals surface area contributed by atoms with Gasteiger partial charge in [-0.05, 0) is 69.4 Å². The molecule has 8 N–H and O–H groups in total. The summed E-state index contributed by atoms with van der Waals surface area (Å²) in [5, 5.41) is 38.3. The summed E-state index contributed by atoms with van der Waals surface area (Å²) in [5.74, 6) is -3.02. The van der Waals surface area contributed by atoms with E-state index in [1.165, 1.54) is 25.7 Å². The lowest BCUT2D eigenvalue weighted by Gasteiger charge is -2.43. The first-order chi connectivity index (χ1) is 21.0. The van der Waals surface area contributed by atoms with Crippen LogP contribution in [0.5, 0.6) is 0 Å². The van der Waals surface area contributed by atoms with Crippen LogP contribution in [0.3, 0.4) is 0 Å². The first-order valence-corrected chi connectivity index (χ1v) is 16.5. The van der Waals surface area contributed by atoms with Gasteiger partial charge in [0.25, 0.3) is 0 Å². The molecule has 2 rings (SSSR count). The second-order valence-corrected chi connectivity index (χ2v) is 12.8. The van der Waals surface area contributed by atoms with Crippen LogP contribution in [-0.4, -0.2) is 130 Å². The number of hydrogen-bond donors (Lipinski definition) is 6. The Hall–Kier alpha value is -2.32. The van der Waals surface area contributed by atoms with Crippen LogP contribution in [-0.2, 0) is 19.2 Å². The predicted molar refractivity (Wildman–Crippen MR) is 166 cm³/mol. The van der Waals surface area contributed by atoms with E-state index in [-0.39, 0.29) is 43.9 Å². The minimum Gasteiger partial charge on any atom is -0.481 e. The Kier molecular flexibility index (Phi) is 17.8. The molecule has 44 heavy (non-hydrogen) atoms. The van der Waals surface area contributed by atoms with Crippen molar-refractivity contribution in [2.45, 2.75) is 95.6 Å². The highest BCUT2D eigenvalue weighted by Gasteiger charge is 2.41. The zero-order chi connectivity index (χ0) is 32.5. The summed E-state index contributed by atoms with van der Waals surface area (Å²) in [6.07, 6.45) is 10.9. The zero-order valence-corrected chi connectivity index (χ0v) is 26.4. The van der Waals surface area contributed by atoms with Gasteiger partial charge in [-0.15, -0.1) is 0 Å². The molecule has 0 aliphatic heterocycles. The van der Waals surface area contributed by atoms with Crippen LogP contribution in [0.4, 0.5) is 0 Å². The van der Waals surface area contributed by atoms with Gasteiger partial charge >= 0.3 is 23.9 Å². The van der Waals surface area contributed by atoms with Crippen molar-refractivity contribution < 1.29 is 39.6 Å². The molecule has 0 bridgehead atoms. The van der Waals surface area contributed by atoms with Gasteiger partial charge in [-0.2, -0.15) is 0 Å². The molecule has 0 aromatic heterocycles. The van der Waals surface area contributed by atoms with E-state index in [1.54, 1.807) is 9.80 Å². The van der Waals surface area contributed by atoms with Gasteiger partial charge in [0.15, 0.2) is 0 Å². The van der Waals surface area contributed by atoms with Gasteiger partial charge in [-0.3, -0.25) is 33.9 Å². The summed E-state index contributed by atoms with van der Waals surface area (Å²) in [4.78, 5) is 52.2. The molecule has 0 amide bonds. The van der Waals surface area contributed by atoms with Crippen molar-refractivity contribution in [2.75, 3.05) is 58.9 Å². The molecule has 2 fully saturated rings. The Morgan fingerprint density at radius 3 is 1.86 bits per heavy atom. The van der Waals surface area contributed by atoms with Crippen molar-refractivity contribution in [3.8, 4) is 0 Å². The summed E-state index contributed by atoms with van der Waals surface area (Å²) in [7, 11) is 0. The lowest BCUT2D eigenvalue weighted by molar-refractivity contribution is -0.147. The SMILES string of the molecule is NCCN(CCN(CCCN(CCCCC(=O)O)CC(=O)O)C(C(=O)O)C1CCC(N)C(C2CCCCCC2)C1)CC(=O)O. The number of unbranched alkanes of at least 4 members (excludes halogenated alkanes) is 1. The Balaban J connectivity index is 2.19. The number of nitrogens with zero attached hydrogens (tertiary/aromatic N) is 3. The summed E-state index contributed by atoms with van der Waals surface area (Å²) in [6.45, 7) is 2.25. The van der Waals surface area contributed by atoms with Gasteiger partial charge in [0.05, 0.1) is 13.1 Å². The van der Waals surface area contributed by atoms with Crippen LogP contribution in [0.15, 0.2) is 0 Å². The molecule has 0 radical (unpaired) electrons. The number of carboxylic acids is 4. The second kappa shape index (κ2) is 20.7. The summed E-state index contributed by atoms with van der Waals surface area (Å²) < 4.78 is 0. The molecule has 2 aliphatic rings. The highest BCUT2D eigenvalue weighted by molar-refractivity contribution is 5.74. The van der Waals surface area contributed by atoms with E-state index in [9.17, 15) is 34.5 Å². The van der Waals surface area contributed by atoms with Gasteiger partial charge in [0.2, 0.25) is 0 Å². The zero-order valence-electron chi connectivity index (χ0n) is 26.4. The third-order valence-electron chi connectivity index (χ3n) is 9.50. The van der Waals surface area contributed by atoms with Crippen molar-refractivity contribution in [3.63, 3.8) is 0 Å². The summed E-state index contributed by atoms with van der Waals surface area (Å²) in [6, 6.07) is -0.692. The number of carboxylic acid groups (broad SMARTS) is 4. The number of hydrogen-bond acceptors (Lipinski definition) is 9. The van der Waals surface area contributed by atoms with E-state index in [4.69, 9.17) is 16.6 Å². The maximum absolute atomic E-state index is 12.9. The predicted octanol–water partition coefficient (Wildman–Crippen LogP) is 1.83. The Bertz CT molecular complexity index is 885. The van der Waals surface area contributed by atoms with Gasteiger partial charge < -0.3 is 31.9 Å². The van der Waals surface area contributed by atoms with E-state index in [1.807, 2.05) is 4.90 Å². The largest absolute Gasteiger partial charge is 0.481 e. The van der Waals surface area contributed by atoms with Crippen LogP contribution in [0.1, 0.15) is 83.5 Å². The Morgan fingerprint density at radius 2 is 1.30 bits per heavy atom. The molecule has 254 valence electrons. The molecule has 4 unspecified atom stereocenters. The average Bonchev–Trinajstić information content (AvgIpc) is 3.23. The fourth-order valence-electron chi connectivity index (χ4n) is 7.36. The highest BCUT2D eigenvalue weighted by Crippen LogP contribution is 2.41. The lowest BCUT2D eigenvalue weighted by atomic mass is 9.68. The average molecular weight is 628 g/mol. The van der Waals surface area contributed by atoms with E-state index in [2.05, 4.69) is 0 Å². The van der Waals surface area contributed by atoms with Crippen LogP contribution < -0.4 is 11.5 Å². The van der Waals surface area contributed by atoms with Gasteiger partial charge in [0.1, 0.15) is 6.04 Å².